The summed E-state index contributed by atoms with van der Waals surface area (Å²) in [6, 6.07) is 9.29. The number of sulfonamides is 1. The number of nitrogens with zero attached hydrogens (tertiary/aromatic N) is 1. The molecular formula is C20H24ClFN2O4S. The molecule has 0 spiro atoms. The van der Waals surface area contributed by atoms with E-state index < -0.39 is 27.8 Å². The Bertz CT molecular complexity index is 951. The maximum Gasteiger partial charge on any atom is 0.244 e. The van der Waals surface area contributed by atoms with Crippen LogP contribution in [0.25, 0.3) is 0 Å². The van der Waals surface area contributed by atoms with Gasteiger partial charge in [0.05, 0.1) is 18.5 Å². The lowest BCUT2D eigenvalue weighted by Crippen LogP contribution is -2.50. The van der Waals surface area contributed by atoms with Crippen LogP contribution in [0.3, 0.4) is 0 Å². The average molecular weight is 443 g/mol. The Labute approximate surface area is 175 Å². The Morgan fingerprint density at radius 3 is 2.45 bits per heavy atom. The van der Waals surface area contributed by atoms with E-state index in [9.17, 15) is 17.6 Å². The summed E-state index contributed by atoms with van der Waals surface area (Å²) in [7, 11) is -3.77. The highest BCUT2D eigenvalue weighted by Gasteiger charge is 2.31. The summed E-state index contributed by atoms with van der Waals surface area (Å²) in [5.41, 5.74) is 1.15. The molecule has 0 fully saturated rings. The number of hydrogen-bond acceptors (Lipinski definition) is 4. The van der Waals surface area contributed by atoms with E-state index in [2.05, 4.69) is 5.32 Å². The number of rotatable bonds is 9. The summed E-state index contributed by atoms with van der Waals surface area (Å²) in [6.07, 6.45) is 1.25. The van der Waals surface area contributed by atoms with Crippen LogP contribution in [0, 0.1) is 12.7 Å². The minimum atomic E-state index is -3.77. The lowest BCUT2D eigenvalue weighted by Gasteiger charge is -2.30. The predicted octanol–water partition coefficient (Wildman–Crippen LogP) is 3.53. The van der Waals surface area contributed by atoms with E-state index in [1.165, 1.54) is 12.1 Å². The van der Waals surface area contributed by atoms with Crippen LogP contribution < -0.4 is 14.4 Å². The smallest absolute Gasteiger partial charge is 0.244 e. The molecule has 2 rings (SSSR count). The maximum atomic E-state index is 13.2. The van der Waals surface area contributed by atoms with Crippen LogP contribution in [0.2, 0.25) is 5.02 Å². The molecule has 0 aliphatic heterocycles. The van der Waals surface area contributed by atoms with Crippen molar-refractivity contribution in [1.82, 2.24) is 5.32 Å². The van der Waals surface area contributed by atoms with Gasteiger partial charge in [-0.05, 0) is 55.3 Å². The molecule has 0 aliphatic rings. The third kappa shape index (κ3) is 6.33. The van der Waals surface area contributed by atoms with Crippen molar-refractivity contribution in [3.8, 4) is 5.75 Å². The fourth-order valence-electron chi connectivity index (χ4n) is 2.77. The van der Waals surface area contributed by atoms with E-state index >= 15 is 0 Å². The molecule has 6 nitrogen and oxygen atoms in total. The van der Waals surface area contributed by atoms with Gasteiger partial charge in [-0.3, -0.25) is 9.10 Å². The van der Waals surface area contributed by atoms with Gasteiger partial charge in [-0.1, -0.05) is 24.6 Å². The largest absolute Gasteiger partial charge is 0.492 e. The fourth-order valence-corrected chi connectivity index (χ4v) is 4.15. The second-order valence-electron chi connectivity index (χ2n) is 6.51. The summed E-state index contributed by atoms with van der Waals surface area (Å²) in [4.78, 5) is 12.6. The number of hydrogen-bond donors (Lipinski definition) is 1. The normalized spacial score (nSPS) is 12.3. The monoisotopic (exact) mass is 442 g/mol. The standard InChI is InChI=1S/C20H24ClFN2O4S/c1-4-19(24(29(3,26)27)16-8-6-15(22)7-9-16)20(25)23-11-12-28-17-10-5-14(2)18(21)13-17/h5-10,13,19H,4,11-12H2,1-3H3,(H,23,25). The first-order valence-corrected chi connectivity index (χ1v) is 11.3. The van der Waals surface area contributed by atoms with E-state index in [1.54, 1.807) is 19.1 Å². The SMILES string of the molecule is CCC(C(=O)NCCOc1ccc(C)c(Cl)c1)N(c1ccc(F)cc1)S(C)(=O)=O. The van der Waals surface area contributed by atoms with Gasteiger partial charge in [0.15, 0.2) is 0 Å². The van der Waals surface area contributed by atoms with E-state index in [0.717, 1.165) is 28.3 Å². The molecule has 1 N–H and O–H groups in total. The molecule has 29 heavy (non-hydrogen) atoms. The van der Waals surface area contributed by atoms with Gasteiger partial charge in [0.2, 0.25) is 15.9 Å². The molecule has 0 radical (unpaired) electrons. The number of ether oxygens (including phenoxy) is 1. The van der Waals surface area contributed by atoms with Crippen molar-refractivity contribution in [2.24, 2.45) is 0 Å². The summed E-state index contributed by atoms with van der Waals surface area (Å²) in [5.74, 6) is -0.383. The molecule has 0 aliphatic carbocycles. The van der Waals surface area contributed by atoms with Crippen LogP contribution in [0.1, 0.15) is 18.9 Å². The van der Waals surface area contributed by atoms with Gasteiger partial charge in [0.1, 0.15) is 24.2 Å². The van der Waals surface area contributed by atoms with Crippen LogP contribution in [-0.4, -0.2) is 39.8 Å². The topological polar surface area (TPSA) is 75.7 Å². The van der Waals surface area contributed by atoms with Crippen LogP contribution in [-0.2, 0) is 14.8 Å². The zero-order chi connectivity index (χ0) is 21.6. The molecular weight excluding hydrogens is 419 g/mol. The molecule has 9 heteroatoms. The Morgan fingerprint density at radius 2 is 1.90 bits per heavy atom. The lowest BCUT2D eigenvalue weighted by atomic mass is 10.2. The highest BCUT2D eigenvalue weighted by atomic mass is 35.5. The summed E-state index contributed by atoms with van der Waals surface area (Å²) in [6.45, 7) is 3.96. The zero-order valence-electron chi connectivity index (χ0n) is 16.5. The van der Waals surface area contributed by atoms with Crippen LogP contribution >= 0.6 is 11.6 Å². The number of halogens is 2. The molecule has 0 heterocycles. The summed E-state index contributed by atoms with van der Waals surface area (Å²) < 4.78 is 44.4. The summed E-state index contributed by atoms with van der Waals surface area (Å²) >= 11 is 6.05. The van der Waals surface area contributed by atoms with Crippen molar-refractivity contribution in [3.63, 3.8) is 0 Å². The maximum absolute atomic E-state index is 13.2. The highest BCUT2D eigenvalue weighted by molar-refractivity contribution is 7.92. The number of benzene rings is 2. The molecule has 158 valence electrons. The number of nitrogens with one attached hydrogen (secondary N) is 1. The number of amides is 1. The molecule has 2 aromatic carbocycles. The zero-order valence-corrected chi connectivity index (χ0v) is 18.1. The van der Waals surface area contributed by atoms with Gasteiger partial charge in [0.25, 0.3) is 0 Å². The molecule has 1 amide bonds. The van der Waals surface area contributed by atoms with Crippen molar-refractivity contribution in [3.05, 3.63) is 58.9 Å². The predicted molar refractivity (Wildman–Crippen MR) is 112 cm³/mol. The van der Waals surface area contributed by atoms with Gasteiger partial charge >= 0.3 is 0 Å². The minimum absolute atomic E-state index is 0.182. The first-order valence-electron chi connectivity index (χ1n) is 9.05. The van der Waals surface area contributed by atoms with E-state index in [1.807, 2.05) is 13.0 Å². The van der Waals surface area contributed by atoms with Crippen LogP contribution in [0.4, 0.5) is 10.1 Å². The van der Waals surface area contributed by atoms with Crippen molar-refractivity contribution in [2.75, 3.05) is 23.7 Å². The minimum Gasteiger partial charge on any atom is -0.492 e. The van der Waals surface area contributed by atoms with Crippen LogP contribution in [0.15, 0.2) is 42.5 Å². The molecule has 0 bridgehead atoms. The third-order valence-corrected chi connectivity index (χ3v) is 5.81. The number of carbonyl (C=O) groups is 1. The number of aryl methyl sites for hydroxylation is 1. The Kier molecular flexibility index (Phi) is 7.87. The molecule has 1 unspecified atom stereocenters. The molecule has 2 aromatic rings. The fraction of sp³-hybridized carbons (Fsp3) is 0.350. The summed E-state index contributed by atoms with van der Waals surface area (Å²) in [5, 5.41) is 3.27. The van der Waals surface area contributed by atoms with Gasteiger partial charge in [-0.2, -0.15) is 0 Å². The van der Waals surface area contributed by atoms with Crippen molar-refractivity contribution >= 4 is 33.2 Å². The van der Waals surface area contributed by atoms with Gasteiger partial charge in [0, 0.05) is 5.02 Å². The lowest BCUT2D eigenvalue weighted by molar-refractivity contribution is -0.122. The van der Waals surface area contributed by atoms with E-state index in [-0.39, 0.29) is 25.3 Å². The third-order valence-electron chi connectivity index (χ3n) is 4.22. The Morgan fingerprint density at radius 1 is 1.24 bits per heavy atom. The van der Waals surface area contributed by atoms with Gasteiger partial charge in [-0.25, -0.2) is 12.8 Å². The quantitative estimate of drug-likeness (QED) is 0.603. The van der Waals surface area contributed by atoms with Crippen LogP contribution in [0.5, 0.6) is 5.75 Å². The number of anilines is 1. The van der Waals surface area contributed by atoms with Gasteiger partial charge in [-0.15, -0.1) is 0 Å². The first-order chi connectivity index (χ1) is 13.6. The van der Waals surface area contributed by atoms with E-state index in [4.69, 9.17) is 16.3 Å². The highest BCUT2D eigenvalue weighted by Crippen LogP contribution is 2.23. The second-order valence-corrected chi connectivity index (χ2v) is 8.78. The molecule has 0 aromatic heterocycles. The molecule has 1 atom stereocenters. The number of carbonyl (C=O) groups excluding carboxylic acids is 1. The van der Waals surface area contributed by atoms with Crippen molar-refractivity contribution in [1.29, 1.82) is 0 Å². The second kappa shape index (κ2) is 9.93. The first kappa shape index (κ1) is 23.0. The molecule has 0 saturated heterocycles. The van der Waals surface area contributed by atoms with Crippen molar-refractivity contribution in [2.45, 2.75) is 26.3 Å². The Balaban J connectivity index is 2.03. The molecule has 0 saturated carbocycles. The Hall–Kier alpha value is -2.32. The van der Waals surface area contributed by atoms with Gasteiger partial charge < -0.3 is 10.1 Å². The average Bonchev–Trinajstić information content (AvgIpc) is 2.66. The van der Waals surface area contributed by atoms with E-state index in [0.29, 0.717) is 10.8 Å². The van der Waals surface area contributed by atoms with Crippen molar-refractivity contribution < 1.29 is 22.3 Å².